The summed E-state index contributed by atoms with van der Waals surface area (Å²) in [5.74, 6) is -3.74. The maximum atomic E-state index is 13.6. The summed E-state index contributed by atoms with van der Waals surface area (Å²) >= 11 is 0. The maximum absolute atomic E-state index is 13.6. The molecule has 1 atom stereocenters. The van der Waals surface area contributed by atoms with Crippen molar-refractivity contribution >= 4 is 23.5 Å². The fourth-order valence-electron chi connectivity index (χ4n) is 2.82. The third kappa shape index (κ3) is 6.80. The molecule has 1 aromatic heterocycles. The van der Waals surface area contributed by atoms with E-state index in [0.29, 0.717) is 12.1 Å². The highest BCUT2D eigenvalue weighted by Gasteiger charge is 2.32. The minimum atomic E-state index is -4.85. The number of hydrogen-bond acceptors (Lipinski definition) is 5. The first-order valence-corrected chi connectivity index (χ1v) is 9.93. The van der Waals surface area contributed by atoms with Crippen LogP contribution in [0.25, 0.3) is 0 Å². The van der Waals surface area contributed by atoms with Gasteiger partial charge in [0.05, 0.1) is 17.9 Å². The van der Waals surface area contributed by atoms with Crippen molar-refractivity contribution in [1.82, 2.24) is 4.57 Å². The number of halogens is 4. The Morgan fingerprint density at radius 2 is 1.73 bits per heavy atom. The van der Waals surface area contributed by atoms with Crippen LogP contribution in [0.1, 0.15) is 67.1 Å². The fourth-order valence-corrected chi connectivity index (χ4v) is 2.82. The highest BCUT2D eigenvalue weighted by atomic mass is 19.4. The summed E-state index contributed by atoms with van der Waals surface area (Å²) < 4.78 is 64.0. The molecule has 33 heavy (non-hydrogen) atoms. The van der Waals surface area contributed by atoms with Crippen LogP contribution in [0.5, 0.6) is 0 Å². The second-order valence-electron chi connectivity index (χ2n) is 8.13. The lowest BCUT2D eigenvalue weighted by atomic mass is 10.1. The molecule has 0 spiro atoms. The normalized spacial score (nSPS) is 12.8. The van der Waals surface area contributed by atoms with Gasteiger partial charge in [-0.15, -0.1) is 0 Å². The van der Waals surface area contributed by atoms with Crippen molar-refractivity contribution in [3.63, 3.8) is 0 Å². The number of esters is 2. The van der Waals surface area contributed by atoms with Crippen LogP contribution in [0.3, 0.4) is 0 Å². The third-order valence-electron chi connectivity index (χ3n) is 4.24. The standard InChI is InChI=1S/C22H24F4N2O5/c1-6-32-20(31)17-10-16(11-28(17)12(2)19(30)33-21(3,4)5)27-18(29)13-7-14(22(24,25)26)9-15(23)8-13/h7-12H,6H2,1-5H3,(H,27,29). The molecule has 0 saturated heterocycles. The predicted molar refractivity (Wildman–Crippen MR) is 110 cm³/mol. The Hall–Kier alpha value is -3.37. The first kappa shape index (κ1) is 25.9. The summed E-state index contributed by atoms with van der Waals surface area (Å²) in [4.78, 5) is 37.3. The second-order valence-corrected chi connectivity index (χ2v) is 8.13. The van der Waals surface area contributed by atoms with Crippen LogP contribution in [0.2, 0.25) is 0 Å². The summed E-state index contributed by atoms with van der Waals surface area (Å²) in [6, 6.07) is 1.62. The highest BCUT2D eigenvalue weighted by Crippen LogP contribution is 2.31. The number of rotatable bonds is 6. The topological polar surface area (TPSA) is 86.6 Å². The number of aromatic nitrogens is 1. The van der Waals surface area contributed by atoms with Crippen molar-refractivity contribution in [1.29, 1.82) is 0 Å². The summed E-state index contributed by atoms with van der Waals surface area (Å²) in [7, 11) is 0. The van der Waals surface area contributed by atoms with E-state index in [1.165, 1.54) is 23.8 Å². The van der Waals surface area contributed by atoms with Crippen molar-refractivity contribution in [2.24, 2.45) is 0 Å². The SMILES string of the molecule is CCOC(=O)c1cc(NC(=O)c2cc(F)cc(C(F)(F)F)c2)cn1C(C)C(=O)OC(C)(C)C. The number of ether oxygens (including phenoxy) is 2. The van der Waals surface area contributed by atoms with E-state index < -0.39 is 52.6 Å². The molecular weight excluding hydrogens is 448 g/mol. The van der Waals surface area contributed by atoms with E-state index in [9.17, 15) is 31.9 Å². The number of nitrogens with one attached hydrogen (secondary N) is 1. The van der Waals surface area contributed by atoms with Crippen LogP contribution in [0.4, 0.5) is 23.2 Å². The molecule has 0 aliphatic carbocycles. The van der Waals surface area contributed by atoms with Gasteiger partial charge in [0.15, 0.2) is 0 Å². The minimum absolute atomic E-state index is 0.0173. The predicted octanol–water partition coefficient (Wildman–Crippen LogP) is 4.98. The van der Waals surface area contributed by atoms with Crippen LogP contribution in [-0.4, -0.2) is 34.6 Å². The molecule has 0 aliphatic heterocycles. The largest absolute Gasteiger partial charge is 0.461 e. The van der Waals surface area contributed by atoms with Crippen molar-refractivity contribution in [2.75, 3.05) is 11.9 Å². The molecule has 7 nitrogen and oxygen atoms in total. The maximum Gasteiger partial charge on any atom is 0.416 e. The number of nitrogens with zero attached hydrogens (tertiary/aromatic N) is 1. The van der Waals surface area contributed by atoms with E-state index in [0.717, 1.165) is 0 Å². The average Bonchev–Trinajstić information content (AvgIpc) is 3.08. The van der Waals surface area contributed by atoms with Gasteiger partial charge in [0.1, 0.15) is 23.2 Å². The number of amides is 1. The zero-order chi connectivity index (χ0) is 25.1. The number of carbonyl (C=O) groups is 3. The second kappa shape index (κ2) is 9.63. The molecule has 0 aliphatic rings. The molecule has 180 valence electrons. The lowest BCUT2D eigenvalue weighted by Gasteiger charge is -2.23. The number of anilines is 1. The van der Waals surface area contributed by atoms with E-state index in [1.54, 1.807) is 27.7 Å². The number of alkyl halides is 3. The number of hydrogen-bond donors (Lipinski definition) is 1. The molecule has 2 rings (SSSR count). The van der Waals surface area contributed by atoms with Gasteiger partial charge in [0.2, 0.25) is 0 Å². The fraction of sp³-hybridized carbons (Fsp3) is 0.409. The molecule has 0 bridgehead atoms. The van der Waals surface area contributed by atoms with Crippen LogP contribution >= 0.6 is 0 Å². The molecule has 1 heterocycles. The Morgan fingerprint density at radius 1 is 1.09 bits per heavy atom. The summed E-state index contributed by atoms with van der Waals surface area (Å²) in [5, 5.41) is 2.31. The first-order valence-electron chi connectivity index (χ1n) is 9.93. The lowest BCUT2D eigenvalue weighted by Crippen LogP contribution is -2.30. The van der Waals surface area contributed by atoms with Crippen molar-refractivity contribution in [2.45, 2.75) is 52.4 Å². The van der Waals surface area contributed by atoms with Crippen molar-refractivity contribution < 1.29 is 41.4 Å². The van der Waals surface area contributed by atoms with Gasteiger partial charge in [-0.3, -0.25) is 4.79 Å². The van der Waals surface area contributed by atoms with Gasteiger partial charge in [0.25, 0.3) is 5.91 Å². The molecule has 0 radical (unpaired) electrons. The van der Waals surface area contributed by atoms with Gasteiger partial charge in [-0.25, -0.2) is 14.0 Å². The zero-order valence-corrected chi connectivity index (χ0v) is 18.7. The lowest BCUT2D eigenvalue weighted by molar-refractivity contribution is -0.158. The third-order valence-corrected chi connectivity index (χ3v) is 4.24. The Morgan fingerprint density at radius 3 is 2.27 bits per heavy atom. The first-order chi connectivity index (χ1) is 15.1. The van der Waals surface area contributed by atoms with E-state index in [4.69, 9.17) is 9.47 Å². The van der Waals surface area contributed by atoms with E-state index in [2.05, 4.69) is 5.32 Å². The van der Waals surface area contributed by atoms with Gasteiger partial charge in [-0.05, 0) is 58.9 Å². The van der Waals surface area contributed by atoms with E-state index >= 15 is 0 Å². The highest BCUT2D eigenvalue weighted by molar-refractivity contribution is 6.05. The van der Waals surface area contributed by atoms with Gasteiger partial charge in [0, 0.05) is 11.8 Å². The van der Waals surface area contributed by atoms with E-state index in [1.807, 2.05) is 0 Å². The molecule has 1 N–H and O–H groups in total. The molecule has 0 fully saturated rings. The molecule has 1 unspecified atom stereocenters. The van der Waals surface area contributed by atoms with Gasteiger partial charge < -0.3 is 19.4 Å². The number of carbonyl (C=O) groups excluding carboxylic acids is 3. The molecule has 1 aromatic carbocycles. The van der Waals surface area contributed by atoms with Crippen LogP contribution in [0.15, 0.2) is 30.5 Å². The molecule has 11 heteroatoms. The van der Waals surface area contributed by atoms with Crippen molar-refractivity contribution in [3.8, 4) is 0 Å². The minimum Gasteiger partial charge on any atom is -0.461 e. The zero-order valence-electron chi connectivity index (χ0n) is 18.7. The molecule has 0 saturated carbocycles. The Balaban J connectivity index is 2.39. The summed E-state index contributed by atoms with van der Waals surface area (Å²) in [6.45, 7) is 8.08. The Kier molecular flexibility index (Phi) is 7.56. The van der Waals surface area contributed by atoms with Gasteiger partial charge in [-0.1, -0.05) is 0 Å². The van der Waals surface area contributed by atoms with Crippen molar-refractivity contribution in [3.05, 3.63) is 53.1 Å². The average molecular weight is 472 g/mol. The molecule has 2 aromatic rings. The van der Waals surface area contributed by atoms with Crippen LogP contribution < -0.4 is 5.32 Å². The monoisotopic (exact) mass is 472 g/mol. The van der Waals surface area contributed by atoms with Crippen LogP contribution in [0, 0.1) is 5.82 Å². The number of benzene rings is 1. The quantitative estimate of drug-likeness (QED) is 0.474. The Bertz CT molecular complexity index is 1050. The smallest absolute Gasteiger partial charge is 0.416 e. The Labute approximate surface area is 187 Å². The van der Waals surface area contributed by atoms with Crippen LogP contribution in [-0.2, 0) is 20.4 Å². The van der Waals surface area contributed by atoms with E-state index in [-0.39, 0.29) is 24.1 Å². The van der Waals surface area contributed by atoms with Gasteiger partial charge >= 0.3 is 18.1 Å². The summed E-state index contributed by atoms with van der Waals surface area (Å²) in [5.41, 5.74) is -2.81. The van der Waals surface area contributed by atoms with Gasteiger partial charge in [-0.2, -0.15) is 13.2 Å². The molecular formula is C22H24F4N2O5. The summed E-state index contributed by atoms with van der Waals surface area (Å²) in [6.07, 6.45) is -3.61. The molecule has 1 amide bonds.